The van der Waals surface area contributed by atoms with Crippen molar-refractivity contribution in [2.45, 2.75) is 84.6 Å². The number of hydrogen-bond acceptors (Lipinski definition) is 1. The maximum atomic E-state index is 5.93. The first-order chi connectivity index (χ1) is 9.83. The number of rotatable bonds is 11. The molecule has 0 aromatic heterocycles. The highest BCUT2D eigenvalue weighted by Gasteiger charge is 2.07. The Kier molecular flexibility index (Phi) is 9.40. The first kappa shape index (κ1) is 17.2. The van der Waals surface area contributed by atoms with Gasteiger partial charge in [-0.2, -0.15) is 0 Å². The van der Waals surface area contributed by atoms with Gasteiger partial charge in [0.25, 0.3) is 0 Å². The Morgan fingerprint density at radius 3 is 1.95 bits per heavy atom. The molecule has 0 radical (unpaired) electrons. The zero-order chi connectivity index (χ0) is 14.6. The summed E-state index contributed by atoms with van der Waals surface area (Å²) in [6.45, 7) is 5.23. The van der Waals surface area contributed by atoms with Crippen LogP contribution < -0.4 is 5.73 Å². The molecule has 0 aliphatic heterocycles. The van der Waals surface area contributed by atoms with E-state index in [-0.39, 0.29) is 0 Å². The van der Waals surface area contributed by atoms with Gasteiger partial charge in [-0.15, -0.1) is 0 Å². The molecule has 0 spiro atoms. The second-order valence-corrected chi connectivity index (χ2v) is 5.88. The van der Waals surface area contributed by atoms with Crippen LogP contribution in [0.5, 0.6) is 0 Å². The van der Waals surface area contributed by atoms with Crippen molar-refractivity contribution >= 4 is 0 Å². The molecule has 0 amide bonds. The quantitative estimate of drug-likeness (QED) is 0.538. The minimum absolute atomic E-state index is 0.686. The van der Waals surface area contributed by atoms with Crippen LogP contribution in [0.4, 0.5) is 0 Å². The van der Waals surface area contributed by atoms with Crippen molar-refractivity contribution in [3.05, 3.63) is 34.9 Å². The zero-order valence-electron chi connectivity index (χ0n) is 13.6. The molecule has 0 bridgehead atoms. The summed E-state index contributed by atoms with van der Waals surface area (Å²) in [5.74, 6) is 0. The number of hydrogen-bond donors (Lipinski definition) is 1. The summed E-state index contributed by atoms with van der Waals surface area (Å²) in [6.07, 6.45) is 13.1. The van der Waals surface area contributed by atoms with Crippen molar-refractivity contribution in [3.63, 3.8) is 0 Å². The lowest BCUT2D eigenvalue weighted by Gasteiger charge is -2.14. The van der Waals surface area contributed by atoms with Crippen molar-refractivity contribution in [1.29, 1.82) is 0 Å². The van der Waals surface area contributed by atoms with Gasteiger partial charge in [0.15, 0.2) is 0 Å². The van der Waals surface area contributed by atoms with Crippen LogP contribution in [0.15, 0.2) is 18.2 Å². The molecule has 0 saturated heterocycles. The molecule has 0 atom stereocenters. The first-order valence-corrected chi connectivity index (χ1v) is 8.63. The SMILES string of the molecule is CCCCCCc1cccc(CN)c1CCCCCC. The van der Waals surface area contributed by atoms with Gasteiger partial charge >= 0.3 is 0 Å². The fourth-order valence-corrected chi connectivity index (χ4v) is 2.91. The van der Waals surface area contributed by atoms with Crippen molar-refractivity contribution < 1.29 is 0 Å². The van der Waals surface area contributed by atoms with Gasteiger partial charge in [-0.1, -0.05) is 70.6 Å². The smallest absolute Gasteiger partial charge is 0.0180 e. The number of benzene rings is 1. The maximum Gasteiger partial charge on any atom is 0.0180 e. The Morgan fingerprint density at radius 2 is 1.35 bits per heavy atom. The largest absolute Gasteiger partial charge is 0.326 e. The van der Waals surface area contributed by atoms with E-state index in [0.717, 1.165) is 0 Å². The van der Waals surface area contributed by atoms with Crippen molar-refractivity contribution in [1.82, 2.24) is 0 Å². The van der Waals surface area contributed by atoms with Gasteiger partial charge in [0, 0.05) is 6.54 Å². The fraction of sp³-hybridized carbons (Fsp3) is 0.684. The molecule has 0 fully saturated rings. The predicted octanol–water partition coefficient (Wildman–Crippen LogP) is 5.39. The van der Waals surface area contributed by atoms with Crippen LogP contribution >= 0.6 is 0 Å². The molecule has 114 valence electrons. The topological polar surface area (TPSA) is 26.0 Å². The lowest BCUT2D eigenvalue weighted by atomic mass is 9.92. The molecule has 0 heterocycles. The van der Waals surface area contributed by atoms with Crippen LogP contribution in [-0.2, 0) is 19.4 Å². The lowest BCUT2D eigenvalue weighted by molar-refractivity contribution is 0.648. The molecule has 1 heteroatoms. The minimum atomic E-state index is 0.686. The van der Waals surface area contributed by atoms with Gasteiger partial charge in [0.1, 0.15) is 0 Å². The zero-order valence-corrected chi connectivity index (χ0v) is 13.6. The molecular formula is C19H33N. The minimum Gasteiger partial charge on any atom is -0.326 e. The first-order valence-electron chi connectivity index (χ1n) is 8.63. The standard InChI is InChI=1S/C19H33N/c1-3-5-7-9-12-17-13-11-14-18(16-20)19(17)15-10-8-6-4-2/h11,13-14H,3-10,12,15-16,20H2,1-2H3. The van der Waals surface area contributed by atoms with E-state index in [2.05, 4.69) is 32.0 Å². The van der Waals surface area contributed by atoms with E-state index in [1.807, 2.05) is 0 Å². The molecular weight excluding hydrogens is 242 g/mol. The van der Waals surface area contributed by atoms with Gasteiger partial charge < -0.3 is 5.73 Å². The Morgan fingerprint density at radius 1 is 0.750 bits per heavy atom. The summed E-state index contributed by atoms with van der Waals surface area (Å²) in [6, 6.07) is 6.72. The van der Waals surface area contributed by atoms with Crippen LogP contribution in [0.25, 0.3) is 0 Å². The second-order valence-electron chi connectivity index (χ2n) is 5.88. The van der Waals surface area contributed by atoms with E-state index >= 15 is 0 Å². The molecule has 0 unspecified atom stereocenters. The van der Waals surface area contributed by atoms with Gasteiger partial charge in [-0.3, -0.25) is 0 Å². The Bertz CT molecular complexity index is 357. The van der Waals surface area contributed by atoms with Gasteiger partial charge in [-0.05, 0) is 42.4 Å². The predicted molar refractivity (Wildman–Crippen MR) is 90.0 cm³/mol. The Labute approximate surface area is 126 Å². The summed E-state index contributed by atoms with van der Waals surface area (Å²) in [5.41, 5.74) is 10.4. The van der Waals surface area contributed by atoms with Crippen molar-refractivity contribution in [3.8, 4) is 0 Å². The Hall–Kier alpha value is -0.820. The van der Waals surface area contributed by atoms with Crippen LogP contribution in [-0.4, -0.2) is 0 Å². The molecule has 1 aromatic carbocycles. The summed E-state index contributed by atoms with van der Waals surface area (Å²) >= 11 is 0. The number of aryl methyl sites for hydroxylation is 1. The summed E-state index contributed by atoms with van der Waals surface area (Å²) in [4.78, 5) is 0. The second kappa shape index (κ2) is 10.9. The fourth-order valence-electron chi connectivity index (χ4n) is 2.91. The highest BCUT2D eigenvalue weighted by atomic mass is 14.5. The summed E-state index contributed by atoms with van der Waals surface area (Å²) in [5, 5.41) is 0. The molecule has 0 aliphatic carbocycles. The van der Waals surface area contributed by atoms with E-state index in [9.17, 15) is 0 Å². The third-order valence-corrected chi connectivity index (χ3v) is 4.17. The van der Waals surface area contributed by atoms with Crippen LogP contribution in [0.3, 0.4) is 0 Å². The normalized spacial score (nSPS) is 10.9. The number of nitrogens with two attached hydrogens (primary N) is 1. The average Bonchev–Trinajstić information content (AvgIpc) is 2.48. The highest BCUT2D eigenvalue weighted by Crippen LogP contribution is 2.20. The summed E-state index contributed by atoms with van der Waals surface area (Å²) < 4.78 is 0. The van der Waals surface area contributed by atoms with Crippen LogP contribution in [0.2, 0.25) is 0 Å². The molecule has 0 aliphatic rings. The van der Waals surface area contributed by atoms with Gasteiger partial charge in [-0.25, -0.2) is 0 Å². The lowest BCUT2D eigenvalue weighted by Crippen LogP contribution is -2.05. The monoisotopic (exact) mass is 275 g/mol. The van der Waals surface area contributed by atoms with Gasteiger partial charge in [0.2, 0.25) is 0 Å². The van der Waals surface area contributed by atoms with E-state index in [1.54, 1.807) is 11.1 Å². The number of unbranched alkanes of at least 4 members (excludes halogenated alkanes) is 6. The molecule has 2 N–H and O–H groups in total. The maximum absolute atomic E-state index is 5.93. The average molecular weight is 275 g/mol. The van der Waals surface area contributed by atoms with E-state index in [1.165, 1.54) is 69.8 Å². The molecule has 1 aromatic rings. The van der Waals surface area contributed by atoms with E-state index < -0.39 is 0 Å². The summed E-state index contributed by atoms with van der Waals surface area (Å²) in [7, 11) is 0. The van der Waals surface area contributed by atoms with Crippen LogP contribution in [0.1, 0.15) is 81.9 Å². The Balaban J connectivity index is 2.61. The van der Waals surface area contributed by atoms with Gasteiger partial charge in [0.05, 0.1) is 0 Å². The third-order valence-electron chi connectivity index (χ3n) is 4.17. The third kappa shape index (κ3) is 6.09. The molecule has 0 saturated carbocycles. The van der Waals surface area contributed by atoms with E-state index in [0.29, 0.717) is 6.54 Å². The molecule has 1 nitrogen and oxygen atoms in total. The molecule has 20 heavy (non-hydrogen) atoms. The van der Waals surface area contributed by atoms with Crippen molar-refractivity contribution in [2.75, 3.05) is 0 Å². The van der Waals surface area contributed by atoms with Crippen LogP contribution in [0, 0.1) is 0 Å². The van der Waals surface area contributed by atoms with Crippen molar-refractivity contribution in [2.24, 2.45) is 5.73 Å². The van der Waals surface area contributed by atoms with E-state index in [4.69, 9.17) is 5.73 Å². The molecule has 1 rings (SSSR count). The highest BCUT2D eigenvalue weighted by molar-refractivity contribution is 5.35.